The molecule has 2 rings (SSSR count). The lowest BCUT2D eigenvalue weighted by molar-refractivity contribution is 0.570. The second-order valence-corrected chi connectivity index (χ2v) is 3.85. The van der Waals surface area contributed by atoms with Crippen molar-refractivity contribution < 1.29 is 13.2 Å². The largest absolute Gasteiger partial charge is 0.364 e. The van der Waals surface area contributed by atoms with Gasteiger partial charge in [-0.3, -0.25) is 0 Å². The molecule has 1 unspecified atom stereocenters. The van der Waals surface area contributed by atoms with Gasteiger partial charge >= 0.3 is 0 Å². The number of hydrogen-bond donors (Lipinski definition) is 1. The predicted molar refractivity (Wildman–Crippen MR) is 64.7 cm³/mol. The molecule has 0 amide bonds. The molecule has 2 aromatic rings. The highest BCUT2D eigenvalue weighted by atomic mass is 19.1. The van der Waals surface area contributed by atoms with Crippen LogP contribution < -0.4 is 5.32 Å². The molecular formula is C14H9F3N2. The third-order valence-electron chi connectivity index (χ3n) is 2.58. The number of halogens is 3. The van der Waals surface area contributed by atoms with Gasteiger partial charge in [0.15, 0.2) is 0 Å². The van der Waals surface area contributed by atoms with Gasteiger partial charge in [-0.25, -0.2) is 13.2 Å². The van der Waals surface area contributed by atoms with Gasteiger partial charge in [-0.2, -0.15) is 5.26 Å². The zero-order chi connectivity index (χ0) is 13.8. The summed E-state index contributed by atoms with van der Waals surface area (Å²) in [4.78, 5) is 0. The fourth-order valence-corrected chi connectivity index (χ4v) is 1.65. The van der Waals surface area contributed by atoms with Crippen molar-refractivity contribution in [3.63, 3.8) is 0 Å². The lowest BCUT2D eigenvalue weighted by Crippen LogP contribution is -2.11. The van der Waals surface area contributed by atoms with Gasteiger partial charge in [-0.1, -0.05) is 18.2 Å². The minimum atomic E-state index is -1.10. The van der Waals surface area contributed by atoms with Crippen LogP contribution in [0.1, 0.15) is 11.6 Å². The van der Waals surface area contributed by atoms with Crippen molar-refractivity contribution in [1.82, 2.24) is 0 Å². The molecule has 0 aliphatic heterocycles. The van der Waals surface area contributed by atoms with Crippen LogP contribution in [0.5, 0.6) is 0 Å². The Bertz CT molecular complexity index is 635. The first-order chi connectivity index (χ1) is 9.11. The van der Waals surface area contributed by atoms with Crippen LogP contribution in [-0.4, -0.2) is 0 Å². The van der Waals surface area contributed by atoms with Gasteiger partial charge in [0.1, 0.15) is 23.5 Å². The number of rotatable bonds is 3. The van der Waals surface area contributed by atoms with E-state index < -0.39 is 23.5 Å². The first-order valence-corrected chi connectivity index (χ1v) is 5.47. The average Bonchev–Trinajstić information content (AvgIpc) is 2.39. The van der Waals surface area contributed by atoms with Crippen molar-refractivity contribution in [2.45, 2.75) is 6.04 Å². The highest BCUT2D eigenvalue weighted by Gasteiger charge is 2.16. The quantitative estimate of drug-likeness (QED) is 0.913. The standard InChI is InChI=1S/C14H9F3N2/c15-9-5-6-10(12(17)7-9)14(8-18)19-13-4-2-1-3-11(13)16/h1-7,14,19H. The van der Waals surface area contributed by atoms with Gasteiger partial charge in [0.2, 0.25) is 0 Å². The molecule has 5 heteroatoms. The van der Waals surface area contributed by atoms with Crippen molar-refractivity contribution in [2.24, 2.45) is 0 Å². The first-order valence-electron chi connectivity index (χ1n) is 5.47. The van der Waals surface area contributed by atoms with E-state index in [-0.39, 0.29) is 11.3 Å². The Labute approximate surface area is 108 Å². The first kappa shape index (κ1) is 13.0. The molecule has 19 heavy (non-hydrogen) atoms. The van der Waals surface area contributed by atoms with Crippen molar-refractivity contribution in [2.75, 3.05) is 5.32 Å². The van der Waals surface area contributed by atoms with E-state index in [1.54, 1.807) is 6.07 Å². The SMILES string of the molecule is N#CC(Nc1ccccc1F)c1ccc(F)cc1F. The molecule has 0 aliphatic rings. The maximum absolute atomic E-state index is 13.6. The molecule has 1 atom stereocenters. The van der Waals surface area contributed by atoms with E-state index in [0.717, 1.165) is 12.1 Å². The number of benzene rings is 2. The lowest BCUT2D eigenvalue weighted by Gasteiger charge is -2.14. The fraction of sp³-hybridized carbons (Fsp3) is 0.0714. The van der Waals surface area contributed by atoms with E-state index >= 15 is 0 Å². The van der Waals surface area contributed by atoms with Crippen LogP contribution in [0.2, 0.25) is 0 Å². The summed E-state index contributed by atoms with van der Waals surface area (Å²) in [6, 6.07) is 9.34. The smallest absolute Gasteiger partial charge is 0.146 e. The van der Waals surface area contributed by atoms with E-state index in [0.29, 0.717) is 6.07 Å². The monoisotopic (exact) mass is 262 g/mol. The third kappa shape index (κ3) is 2.86. The van der Waals surface area contributed by atoms with Crippen molar-refractivity contribution in [3.05, 3.63) is 65.5 Å². The number of nitrogens with one attached hydrogen (secondary N) is 1. The summed E-state index contributed by atoms with van der Waals surface area (Å²) in [6.07, 6.45) is 0. The molecule has 0 bridgehead atoms. The number of nitriles is 1. The zero-order valence-corrected chi connectivity index (χ0v) is 9.70. The van der Waals surface area contributed by atoms with Gasteiger partial charge < -0.3 is 5.32 Å². The van der Waals surface area contributed by atoms with E-state index in [9.17, 15) is 13.2 Å². The molecular weight excluding hydrogens is 253 g/mol. The number of nitrogens with zero attached hydrogens (tertiary/aromatic N) is 1. The molecule has 0 aliphatic carbocycles. The van der Waals surface area contributed by atoms with Crippen LogP contribution in [0, 0.1) is 28.8 Å². The van der Waals surface area contributed by atoms with Crippen LogP contribution >= 0.6 is 0 Å². The summed E-state index contributed by atoms with van der Waals surface area (Å²) in [6.45, 7) is 0. The molecule has 96 valence electrons. The summed E-state index contributed by atoms with van der Waals surface area (Å²) in [7, 11) is 0. The summed E-state index contributed by atoms with van der Waals surface area (Å²) in [5.41, 5.74) is 0.0462. The van der Waals surface area contributed by atoms with Gasteiger partial charge in [0, 0.05) is 11.6 Å². The van der Waals surface area contributed by atoms with E-state index in [2.05, 4.69) is 5.32 Å². The van der Waals surface area contributed by atoms with Crippen LogP contribution in [0.25, 0.3) is 0 Å². The summed E-state index contributed by atoms with van der Waals surface area (Å²) < 4.78 is 39.8. The molecule has 0 aromatic heterocycles. The van der Waals surface area contributed by atoms with Gasteiger partial charge in [-0.15, -0.1) is 0 Å². The highest BCUT2D eigenvalue weighted by Crippen LogP contribution is 2.23. The second kappa shape index (κ2) is 5.44. The number of hydrogen-bond acceptors (Lipinski definition) is 2. The van der Waals surface area contributed by atoms with Crippen molar-refractivity contribution >= 4 is 5.69 Å². The summed E-state index contributed by atoms with van der Waals surface area (Å²) in [5.74, 6) is -2.13. The highest BCUT2D eigenvalue weighted by molar-refractivity contribution is 5.48. The summed E-state index contributed by atoms with van der Waals surface area (Å²) >= 11 is 0. The van der Waals surface area contributed by atoms with Crippen molar-refractivity contribution in [1.29, 1.82) is 5.26 Å². The zero-order valence-electron chi connectivity index (χ0n) is 9.70. The Morgan fingerprint density at radius 2 is 1.74 bits per heavy atom. The van der Waals surface area contributed by atoms with Crippen LogP contribution in [-0.2, 0) is 0 Å². The predicted octanol–water partition coefficient (Wildman–Crippen LogP) is 3.78. The minimum Gasteiger partial charge on any atom is -0.364 e. The number of para-hydroxylation sites is 1. The van der Waals surface area contributed by atoms with Crippen LogP contribution in [0.4, 0.5) is 18.9 Å². The van der Waals surface area contributed by atoms with Gasteiger partial charge in [-0.05, 0) is 18.2 Å². The van der Waals surface area contributed by atoms with Crippen LogP contribution in [0.15, 0.2) is 42.5 Å². The van der Waals surface area contributed by atoms with E-state index in [4.69, 9.17) is 5.26 Å². The normalized spacial score (nSPS) is 11.7. The Morgan fingerprint density at radius 1 is 1.00 bits per heavy atom. The maximum Gasteiger partial charge on any atom is 0.146 e. The maximum atomic E-state index is 13.6. The Hall–Kier alpha value is -2.48. The minimum absolute atomic E-state index is 0.0350. The molecule has 2 aromatic carbocycles. The molecule has 0 radical (unpaired) electrons. The topological polar surface area (TPSA) is 35.8 Å². The van der Waals surface area contributed by atoms with Gasteiger partial charge in [0.25, 0.3) is 0 Å². The van der Waals surface area contributed by atoms with E-state index in [1.807, 2.05) is 6.07 Å². The van der Waals surface area contributed by atoms with E-state index in [1.165, 1.54) is 18.2 Å². The molecule has 1 N–H and O–H groups in total. The second-order valence-electron chi connectivity index (χ2n) is 3.85. The van der Waals surface area contributed by atoms with Crippen LogP contribution in [0.3, 0.4) is 0 Å². The lowest BCUT2D eigenvalue weighted by atomic mass is 10.1. The number of anilines is 1. The third-order valence-corrected chi connectivity index (χ3v) is 2.58. The van der Waals surface area contributed by atoms with Gasteiger partial charge in [0.05, 0.1) is 11.8 Å². The molecule has 0 heterocycles. The average molecular weight is 262 g/mol. The summed E-state index contributed by atoms with van der Waals surface area (Å²) in [5, 5.41) is 11.6. The molecule has 0 fully saturated rings. The molecule has 0 saturated carbocycles. The van der Waals surface area contributed by atoms with Crippen molar-refractivity contribution in [3.8, 4) is 6.07 Å². The molecule has 2 nitrogen and oxygen atoms in total. The molecule has 0 saturated heterocycles. The molecule has 0 spiro atoms. The fourth-order valence-electron chi connectivity index (χ4n) is 1.65. The Kier molecular flexibility index (Phi) is 3.71. The Balaban J connectivity index is 2.31. The Morgan fingerprint density at radius 3 is 2.37 bits per heavy atom.